The fraction of sp³-hybridized carbons (Fsp3) is 0.208. The van der Waals surface area contributed by atoms with E-state index in [1.807, 2.05) is 28.8 Å². The Balaban J connectivity index is 1.56. The Morgan fingerprint density at radius 2 is 1.73 bits per heavy atom. The van der Waals surface area contributed by atoms with Crippen LogP contribution in [-0.2, 0) is 11.2 Å². The van der Waals surface area contributed by atoms with Crippen molar-refractivity contribution in [3.63, 3.8) is 0 Å². The van der Waals surface area contributed by atoms with E-state index in [-0.39, 0.29) is 12.2 Å². The van der Waals surface area contributed by atoms with Crippen molar-refractivity contribution >= 4 is 17.2 Å². The second-order valence-electron chi connectivity index (χ2n) is 7.67. The van der Waals surface area contributed by atoms with Gasteiger partial charge in [-0.2, -0.15) is 13.2 Å². The van der Waals surface area contributed by atoms with Gasteiger partial charge in [0.2, 0.25) is 0 Å². The number of carbonyl (C=O) groups excluding carboxylic acids is 2. The lowest BCUT2D eigenvalue weighted by molar-refractivity contribution is -0.143. The molecule has 0 unspecified atom stereocenters. The SMILES string of the molecule is CC(=O)c1cnc(-c2ccn3c(-c4cccc(CC(=O)CCC(F)(F)F)c4)cnc3c2)nc1. The van der Waals surface area contributed by atoms with E-state index in [2.05, 4.69) is 15.0 Å². The number of halogens is 3. The minimum atomic E-state index is -4.34. The van der Waals surface area contributed by atoms with Crippen molar-refractivity contribution < 1.29 is 22.8 Å². The van der Waals surface area contributed by atoms with Gasteiger partial charge in [-0.3, -0.25) is 14.0 Å². The van der Waals surface area contributed by atoms with Gasteiger partial charge in [0.1, 0.15) is 11.4 Å². The monoisotopic (exact) mass is 452 g/mol. The van der Waals surface area contributed by atoms with E-state index >= 15 is 0 Å². The van der Waals surface area contributed by atoms with Crippen LogP contribution in [0.3, 0.4) is 0 Å². The summed E-state index contributed by atoms with van der Waals surface area (Å²) in [6.45, 7) is 1.45. The average Bonchev–Trinajstić information content (AvgIpc) is 3.21. The van der Waals surface area contributed by atoms with E-state index in [9.17, 15) is 22.8 Å². The Kier molecular flexibility index (Phi) is 6.04. The van der Waals surface area contributed by atoms with Gasteiger partial charge >= 0.3 is 6.18 Å². The van der Waals surface area contributed by atoms with Crippen LogP contribution in [0.15, 0.2) is 61.2 Å². The third kappa shape index (κ3) is 5.31. The lowest BCUT2D eigenvalue weighted by Gasteiger charge is -2.08. The molecule has 1 aromatic carbocycles. The molecule has 0 fully saturated rings. The highest BCUT2D eigenvalue weighted by Crippen LogP contribution is 2.26. The van der Waals surface area contributed by atoms with Gasteiger partial charge in [-0.15, -0.1) is 0 Å². The van der Waals surface area contributed by atoms with Gasteiger partial charge in [-0.25, -0.2) is 15.0 Å². The number of alkyl halides is 3. The van der Waals surface area contributed by atoms with Crippen LogP contribution in [0.25, 0.3) is 28.3 Å². The zero-order valence-corrected chi connectivity index (χ0v) is 17.6. The van der Waals surface area contributed by atoms with Gasteiger partial charge in [-0.05, 0) is 30.7 Å². The van der Waals surface area contributed by atoms with Crippen molar-refractivity contribution in [1.29, 1.82) is 0 Å². The summed E-state index contributed by atoms with van der Waals surface area (Å²) in [6, 6.07) is 10.8. The third-order valence-electron chi connectivity index (χ3n) is 5.14. The molecule has 0 saturated heterocycles. The van der Waals surface area contributed by atoms with E-state index in [0.717, 1.165) is 16.8 Å². The topological polar surface area (TPSA) is 77.2 Å². The Labute approximate surface area is 187 Å². The number of fused-ring (bicyclic) bond motifs is 1. The molecule has 0 spiro atoms. The van der Waals surface area contributed by atoms with Gasteiger partial charge in [-0.1, -0.05) is 18.2 Å². The Morgan fingerprint density at radius 3 is 2.42 bits per heavy atom. The largest absolute Gasteiger partial charge is 0.389 e. The molecule has 0 aliphatic carbocycles. The molecule has 0 radical (unpaired) electrons. The quantitative estimate of drug-likeness (QED) is 0.364. The normalized spacial score (nSPS) is 11.6. The van der Waals surface area contributed by atoms with Crippen LogP contribution < -0.4 is 0 Å². The predicted octanol–water partition coefficient (Wildman–Crippen LogP) is 5.12. The van der Waals surface area contributed by atoms with Gasteiger partial charge in [0.15, 0.2) is 11.6 Å². The molecule has 4 aromatic rings. The summed E-state index contributed by atoms with van der Waals surface area (Å²) >= 11 is 0. The molecule has 6 nitrogen and oxygen atoms in total. The first-order valence-electron chi connectivity index (χ1n) is 10.2. The van der Waals surface area contributed by atoms with Gasteiger partial charge < -0.3 is 0 Å². The highest BCUT2D eigenvalue weighted by Gasteiger charge is 2.27. The summed E-state index contributed by atoms with van der Waals surface area (Å²) in [5.41, 5.74) is 4.02. The highest BCUT2D eigenvalue weighted by atomic mass is 19.4. The molecule has 0 saturated carbocycles. The Morgan fingerprint density at radius 1 is 0.970 bits per heavy atom. The summed E-state index contributed by atoms with van der Waals surface area (Å²) in [7, 11) is 0. The molecule has 0 amide bonds. The number of benzene rings is 1. The minimum absolute atomic E-state index is 0.0571. The van der Waals surface area contributed by atoms with Crippen molar-refractivity contribution in [3.05, 3.63) is 72.3 Å². The van der Waals surface area contributed by atoms with Crippen LogP contribution in [0.2, 0.25) is 0 Å². The van der Waals surface area contributed by atoms with Gasteiger partial charge in [0.05, 0.1) is 23.9 Å². The van der Waals surface area contributed by atoms with Crippen LogP contribution in [0.4, 0.5) is 13.2 Å². The molecule has 168 valence electrons. The Hall–Kier alpha value is -3.88. The molecule has 0 aliphatic heterocycles. The maximum Gasteiger partial charge on any atom is 0.389 e. The summed E-state index contributed by atoms with van der Waals surface area (Å²) in [5.74, 6) is -0.103. The van der Waals surface area contributed by atoms with Crippen molar-refractivity contribution in [3.8, 4) is 22.6 Å². The van der Waals surface area contributed by atoms with Crippen LogP contribution in [0, 0.1) is 0 Å². The zero-order valence-electron chi connectivity index (χ0n) is 17.6. The smallest absolute Gasteiger partial charge is 0.300 e. The molecular weight excluding hydrogens is 433 g/mol. The fourth-order valence-corrected chi connectivity index (χ4v) is 3.43. The number of Topliss-reactive ketones (excluding diaryl/α,β-unsaturated/α-hetero) is 2. The first-order chi connectivity index (χ1) is 15.7. The molecule has 3 aromatic heterocycles. The van der Waals surface area contributed by atoms with Crippen molar-refractivity contribution in [2.45, 2.75) is 32.4 Å². The number of hydrogen-bond donors (Lipinski definition) is 0. The number of hydrogen-bond acceptors (Lipinski definition) is 5. The number of carbonyl (C=O) groups is 2. The van der Waals surface area contributed by atoms with Crippen LogP contribution >= 0.6 is 0 Å². The molecular formula is C24H19F3N4O2. The maximum atomic E-state index is 12.4. The van der Waals surface area contributed by atoms with Crippen molar-refractivity contribution in [1.82, 2.24) is 19.4 Å². The molecule has 3 heterocycles. The molecule has 33 heavy (non-hydrogen) atoms. The minimum Gasteiger partial charge on any atom is -0.300 e. The first kappa shape index (κ1) is 22.3. The zero-order chi connectivity index (χ0) is 23.6. The maximum absolute atomic E-state index is 12.4. The van der Waals surface area contributed by atoms with Gasteiger partial charge in [0, 0.05) is 42.6 Å². The van der Waals surface area contributed by atoms with Gasteiger partial charge in [0.25, 0.3) is 0 Å². The summed E-state index contributed by atoms with van der Waals surface area (Å²) in [5, 5.41) is 0. The molecule has 9 heteroatoms. The second kappa shape index (κ2) is 8.93. The first-order valence-corrected chi connectivity index (χ1v) is 10.2. The van der Waals surface area contributed by atoms with Crippen LogP contribution in [0.1, 0.15) is 35.7 Å². The lowest BCUT2D eigenvalue weighted by Crippen LogP contribution is -2.12. The van der Waals surface area contributed by atoms with E-state index in [1.54, 1.807) is 24.4 Å². The molecule has 0 bridgehead atoms. The van der Waals surface area contributed by atoms with E-state index in [4.69, 9.17) is 0 Å². The lowest BCUT2D eigenvalue weighted by atomic mass is 10.0. The van der Waals surface area contributed by atoms with Crippen molar-refractivity contribution in [2.24, 2.45) is 0 Å². The number of nitrogens with zero attached hydrogens (tertiary/aromatic N) is 4. The number of imidazole rings is 1. The van der Waals surface area contributed by atoms with Crippen LogP contribution in [0.5, 0.6) is 0 Å². The summed E-state index contributed by atoms with van der Waals surface area (Å²) in [6.07, 6.45) is 0.427. The standard InChI is InChI=1S/C24H19F3N4O2/c1-15(32)19-12-29-23(30-13-19)18-6-8-31-21(14-28-22(31)11-18)17-4-2-3-16(9-17)10-20(33)5-7-24(25,26)27/h2-4,6,8-9,11-14H,5,7,10H2,1H3. The number of rotatable bonds is 7. The summed E-state index contributed by atoms with van der Waals surface area (Å²) in [4.78, 5) is 36.3. The molecule has 4 rings (SSSR count). The molecule has 0 N–H and O–H groups in total. The van der Waals surface area contributed by atoms with E-state index in [0.29, 0.717) is 22.6 Å². The third-order valence-corrected chi connectivity index (χ3v) is 5.14. The van der Waals surface area contributed by atoms with Crippen molar-refractivity contribution in [2.75, 3.05) is 0 Å². The fourth-order valence-electron chi connectivity index (χ4n) is 3.43. The summed E-state index contributed by atoms with van der Waals surface area (Å²) < 4.78 is 38.9. The van der Waals surface area contributed by atoms with Crippen LogP contribution in [-0.4, -0.2) is 37.1 Å². The number of aromatic nitrogens is 4. The molecule has 0 aliphatic rings. The molecule has 0 atom stereocenters. The average molecular weight is 452 g/mol. The number of ketones is 2. The predicted molar refractivity (Wildman–Crippen MR) is 116 cm³/mol. The Bertz CT molecular complexity index is 1330. The van der Waals surface area contributed by atoms with E-state index in [1.165, 1.54) is 19.3 Å². The second-order valence-corrected chi connectivity index (χ2v) is 7.67. The number of pyridine rings is 1. The highest BCUT2D eigenvalue weighted by molar-refractivity contribution is 5.93. The van der Waals surface area contributed by atoms with E-state index < -0.39 is 24.8 Å².